The number of carboxylic acid groups (broad SMARTS) is 1. The van der Waals surface area contributed by atoms with E-state index in [0.29, 0.717) is 28.8 Å². The molecule has 0 radical (unpaired) electrons. The van der Waals surface area contributed by atoms with Crippen molar-refractivity contribution in [2.24, 2.45) is 0 Å². The highest BCUT2D eigenvalue weighted by molar-refractivity contribution is 8.26. The minimum Gasteiger partial charge on any atom is -0.494 e. The first kappa shape index (κ1) is 21.4. The van der Waals surface area contributed by atoms with Crippen molar-refractivity contribution in [3.8, 4) is 5.75 Å². The molecule has 1 aromatic rings. The third kappa shape index (κ3) is 6.99. The Balaban J connectivity index is 1.89. The van der Waals surface area contributed by atoms with Crippen LogP contribution in [-0.2, 0) is 9.59 Å². The lowest BCUT2D eigenvalue weighted by atomic mass is 10.2. The molecule has 5 nitrogen and oxygen atoms in total. The fourth-order valence-corrected chi connectivity index (χ4v) is 3.92. The van der Waals surface area contributed by atoms with Crippen LogP contribution in [0.2, 0.25) is 0 Å². The SMILES string of the molecule is CCCCCCOc1ccc(C=C2SC(=S)N(CCCC(=O)O)C2=O)cc1. The van der Waals surface area contributed by atoms with E-state index in [2.05, 4.69) is 6.92 Å². The number of aliphatic carboxylic acids is 1. The Kier molecular flexibility index (Phi) is 8.81. The largest absolute Gasteiger partial charge is 0.494 e. The lowest BCUT2D eigenvalue weighted by Crippen LogP contribution is -2.29. The molecule has 1 aliphatic heterocycles. The van der Waals surface area contributed by atoms with Gasteiger partial charge in [0, 0.05) is 13.0 Å². The van der Waals surface area contributed by atoms with Gasteiger partial charge in [0.2, 0.25) is 0 Å². The van der Waals surface area contributed by atoms with Crippen molar-refractivity contribution in [1.29, 1.82) is 0 Å². The van der Waals surface area contributed by atoms with Crippen molar-refractivity contribution in [1.82, 2.24) is 4.90 Å². The normalized spacial score (nSPS) is 15.6. The molecule has 0 saturated carbocycles. The molecule has 0 aliphatic carbocycles. The number of rotatable bonds is 11. The molecule has 146 valence electrons. The summed E-state index contributed by atoms with van der Waals surface area (Å²) in [5.41, 5.74) is 0.902. The number of carboxylic acids is 1. The Morgan fingerprint density at radius 2 is 1.96 bits per heavy atom. The van der Waals surface area contributed by atoms with Gasteiger partial charge in [0.05, 0.1) is 11.5 Å². The fraction of sp³-hybridized carbons (Fsp3) is 0.450. The minimum absolute atomic E-state index is 0.0238. The first-order valence-corrected chi connectivity index (χ1v) is 10.4. The average molecular weight is 408 g/mol. The average Bonchev–Trinajstić information content (AvgIpc) is 2.90. The van der Waals surface area contributed by atoms with Crippen molar-refractivity contribution in [3.63, 3.8) is 0 Å². The van der Waals surface area contributed by atoms with Gasteiger partial charge in [-0.25, -0.2) is 0 Å². The molecule has 0 aromatic heterocycles. The predicted molar refractivity (Wildman–Crippen MR) is 113 cm³/mol. The summed E-state index contributed by atoms with van der Waals surface area (Å²) in [7, 11) is 0. The van der Waals surface area contributed by atoms with Crippen LogP contribution in [0.5, 0.6) is 5.75 Å². The van der Waals surface area contributed by atoms with Gasteiger partial charge in [-0.05, 0) is 36.6 Å². The molecule has 1 saturated heterocycles. The number of nitrogens with zero attached hydrogens (tertiary/aromatic N) is 1. The van der Waals surface area contributed by atoms with Gasteiger partial charge >= 0.3 is 5.97 Å². The summed E-state index contributed by atoms with van der Waals surface area (Å²) >= 11 is 6.50. The summed E-state index contributed by atoms with van der Waals surface area (Å²) in [6.07, 6.45) is 6.90. The zero-order chi connectivity index (χ0) is 19.6. The molecule has 1 heterocycles. The highest BCUT2D eigenvalue weighted by Gasteiger charge is 2.31. The number of carbonyl (C=O) groups excluding carboxylic acids is 1. The number of thiocarbonyl (C=S) groups is 1. The van der Waals surface area contributed by atoms with Gasteiger partial charge in [0.25, 0.3) is 5.91 Å². The van der Waals surface area contributed by atoms with Crippen LogP contribution < -0.4 is 4.74 Å². The molecule has 0 bridgehead atoms. The standard InChI is InChI=1S/C20H25NO4S2/c1-2-3-4-5-13-25-16-10-8-15(9-11-16)14-17-19(24)21(20(26)27-17)12-6-7-18(22)23/h8-11,14H,2-7,12-13H2,1H3,(H,22,23). The third-order valence-corrected chi connectivity index (χ3v) is 5.47. The van der Waals surface area contributed by atoms with Gasteiger partial charge in [-0.15, -0.1) is 0 Å². The number of hydrogen-bond donors (Lipinski definition) is 1. The molecular weight excluding hydrogens is 382 g/mol. The molecule has 1 amide bonds. The van der Waals surface area contributed by atoms with E-state index in [-0.39, 0.29) is 12.3 Å². The first-order chi connectivity index (χ1) is 13.0. The van der Waals surface area contributed by atoms with Crippen molar-refractivity contribution in [2.45, 2.75) is 45.4 Å². The van der Waals surface area contributed by atoms with E-state index in [1.807, 2.05) is 30.3 Å². The second kappa shape index (κ2) is 11.1. The van der Waals surface area contributed by atoms with E-state index < -0.39 is 5.97 Å². The van der Waals surface area contributed by atoms with Crippen molar-refractivity contribution < 1.29 is 19.4 Å². The van der Waals surface area contributed by atoms with E-state index in [4.69, 9.17) is 22.1 Å². The molecule has 7 heteroatoms. The Bertz CT molecular complexity index is 700. The van der Waals surface area contributed by atoms with Crippen molar-refractivity contribution >= 4 is 46.3 Å². The number of amides is 1. The summed E-state index contributed by atoms with van der Waals surface area (Å²) < 4.78 is 6.20. The molecular formula is C20H25NO4S2. The Morgan fingerprint density at radius 1 is 1.22 bits per heavy atom. The maximum Gasteiger partial charge on any atom is 0.303 e. The maximum absolute atomic E-state index is 12.5. The lowest BCUT2D eigenvalue weighted by Gasteiger charge is -2.13. The number of thioether (sulfide) groups is 1. The second-order valence-electron chi connectivity index (χ2n) is 6.31. The molecule has 1 N–H and O–H groups in total. The lowest BCUT2D eigenvalue weighted by molar-refractivity contribution is -0.137. The van der Waals surface area contributed by atoms with Gasteiger partial charge in [-0.2, -0.15) is 0 Å². The summed E-state index contributed by atoms with van der Waals surface area (Å²) in [5.74, 6) is -0.208. The van der Waals surface area contributed by atoms with E-state index in [9.17, 15) is 9.59 Å². The van der Waals surface area contributed by atoms with Crippen LogP contribution in [-0.4, -0.2) is 39.4 Å². The maximum atomic E-state index is 12.5. The Labute approximate surface area is 169 Å². The molecule has 0 atom stereocenters. The molecule has 1 aliphatic rings. The number of hydrogen-bond acceptors (Lipinski definition) is 5. The molecule has 1 fully saturated rings. The quantitative estimate of drug-likeness (QED) is 0.325. The van der Waals surface area contributed by atoms with Gasteiger partial charge in [0.15, 0.2) is 0 Å². The van der Waals surface area contributed by atoms with Gasteiger partial charge in [0.1, 0.15) is 10.1 Å². The fourth-order valence-electron chi connectivity index (χ4n) is 2.61. The third-order valence-electron chi connectivity index (χ3n) is 4.09. The van der Waals surface area contributed by atoms with E-state index >= 15 is 0 Å². The van der Waals surface area contributed by atoms with Crippen LogP contribution in [0, 0.1) is 0 Å². The molecule has 2 rings (SSSR count). The molecule has 0 spiro atoms. The van der Waals surface area contributed by atoms with E-state index in [0.717, 1.165) is 17.7 Å². The number of benzene rings is 1. The minimum atomic E-state index is -0.872. The zero-order valence-electron chi connectivity index (χ0n) is 15.5. The van der Waals surface area contributed by atoms with Crippen LogP contribution in [0.4, 0.5) is 0 Å². The highest BCUT2D eigenvalue weighted by atomic mass is 32.2. The Hall–Kier alpha value is -1.86. The monoisotopic (exact) mass is 407 g/mol. The van der Waals surface area contributed by atoms with Crippen LogP contribution in [0.1, 0.15) is 51.0 Å². The van der Waals surface area contributed by atoms with Crippen LogP contribution in [0.15, 0.2) is 29.2 Å². The number of ether oxygens (including phenoxy) is 1. The summed E-state index contributed by atoms with van der Waals surface area (Å²) in [6.45, 7) is 3.23. The molecule has 0 unspecified atom stereocenters. The molecule has 1 aromatic carbocycles. The smallest absolute Gasteiger partial charge is 0.303 e. The summed E-state index contributed by atoms with van der Waals surface area (Å²) in [5, 5.41) is 8.72. The molecule has 27 heavy (non-hydrogen) atoms. The zero-order valence-corrected chi connectivity index (χ0v) is 17.1. The van der Waals surface area contributed by atoms with Gasteiger partial charge in [-0.1, -0.05) is 62.3 Å². The van der Waals surface area contributed by atoms with Gasteiger partial charge < -0.3 is 9.84 Å². The first-order valence-electron chi connectivity index (χ1n) is 9.21. The van der Waals surface area contributed by atoms with E-state index in [1.54, 1.807) is 0 Å². The summed E-state index contributed by atoms with van der Waals surface area (Å²) in [6, 6.07) is 7.63. The second-order valence-corrected chi connectivity index (χ2v) is 7.98. The Morgan fingerprint density at radius 3 is 2.63 bits per heavy atom. The number of carbonyl (C=O) groups is 2. The van der Waals surface area contributed by atoms with Crippen LogP contribution >= 0.6 is 24.0 Å². The highest BCUT2D eigenvalue weighted by Crippen LogP contribution is 2.33. The van der Waals surface area contributed by atoms with Crippen LogP contribution in [0.25, 0.3) is 6.08 Å². The predicted octanol–water partition coefficient (Wildman–Crippen LogP) is 4.71. The number of unbranched alkanes of at least 4 members (excludes halogenated alkanes) is 3. The van der Waals surface area contributed by atoms with Gasteiger partial charge in [-0.3, -0.25) is 14.5 Å². The van der Waals surface area contributed by atoms with E-state index in [1.165, 1.54) is 35.9 Å². The summed E-state index contributed by atoms with van der Waals surface area (Å²) in [4.78, 5) is 25.1. The topological polar surface area (TPSA) is 66.8 Å². The van der Waals surface area contributed by atoms with Crippen molar-refractivity contribution in [3.05, 3.63) is 34.7 Å². The van der Waals surface area contributed by atoms with Crippen molar-refractivity contribution in [2.75, 3.05) is 13.2 Å². The van der Waals surface area contributed by atoms with Crippen LogP contribution in [0.3, 0.4) is 0 Å².